The van der Waals surface area contributed by atoms with Gasteiger partial charge in [-0.05, 0) is 93.6 Å². The van der Waals surface area contributed by atoms with Crippen LogP contribution >= 0.6 is 45.2 Å². The van der Waals surface area contributed by atoms with Crippen LogP contribution < -0.4 is 0 Å². The fraction of sp³-hybridized carbons (Fsp3) is 0.700. The van der Waals surface area contributed by atoms with Crippen LogP contribution in [0, 0.1) is 29.1 Å². The van der Waals surface area contributed by atoms with Gasteiger partial charge in [0.25, 0.3) is 0 Å². The second kappa shape index (κ2) is 13.0. The van der Waals surface area contributed by atoms with Crippen molar-refractivity contribution >= 4 is 51.2 Å². The molecule has 0 aliphatic heterocycles. The van der Waals surface area contributed by atoms with Crippen molar-refractivity contribution in [2.24, 2.45) is 17.3 Å². The van der Waals surface area contributed by atoms with Crippen molar-refractivity contribution < 1.29 is 14.3 Å². The number of hydrogen-bond donors (Lipinski definition) is 0. The van der Waals surface area contributed by atoms with Crippen LogP contribution in [-0.4, -0.2) is 33.1 Å². The van der Waals surface area contributed by atoms with Crippen LogP contribution in [0.5, 0.6) is 0 Å². The summed E-state index contributed by atoms with van der Waals surface area (Å²) in [6.45, 7) is 11.7. The van der Waals surface area contributed by atoms with Crippen molar-refractivity contribution in [3.63, 3.8) is 0 Å². The highest BCUT2D eigenvalue weighted by Gasteiger charge is 2.48. The SMILES string of the molecule is C=C1/C(=C\C=C2/CCCC3(C)C(CCC#CC(C)(C)I)CCC23)CCC(OCCC(=O)OC)C1I. The van der Waals surface area contributed by atoms with Crippen molar-refractivity contribution in [2.75, 3.05) is 13.7 Å². The van der Waals surface area contributed by atoms with E-state index in [1.165, 1.54) is 56.8 Å². The number of fused-ring (bicyclic) bond motifs is 1. The van der Waals surface area contributed by atoms with Gasteiger partial charge >= 0.3 is 5.97 Å². The van der Waals surface area contributed by atoms with Crippen LogP contribution in [0.15, 0.2) is 35.5 Å². The lowest BCUT2D eigenvalue weighted by Gasteiger charge is -2.42. The maximum absolute atomic E-state index is 11.4. The van der Waals surface area contributed by atoms with E-state index in [0.29, 0.717) is 24.4 Å². The molecule has 3 nitrogen and oxygen atoms in total. The fourth-order valence-corrected chi connectivity index (χ4v) is 7.46. The van der Waals surface area contributed by atoms with E-state index in [1.807, 2.05) is 0 Å². The molecule has 0 N–H and O–H groups in total. The topological polar surface area (TPSA) is 35.5 Å². The molecule has 3 fully saturated rings. The zero-order valence-corrected chi connectivity index (χ0v) is 26.2. The molecule has 0 radical (unpaired) electrons. The molecule has 0 amide bonds. The molecular formula is C30H42I2O3. The number of ether oxygens (including phenoxy) is 2. The minimum atomic E-state index is -0.219. The number of esters is 1. The van der Waals surface area contributed by atoms with E-state index in [-0.39, 0.29) is 19.4 Å². The van der Waals surface area contributed by atoms with E-state index in [1.54, 1.807) is 5.57 Å². The van der Waals surface area contributed by atoms with Gasteiger partial charge < -0.3 is 9.47 Å². The zero-order chi connectivity index (χ0) is 25.6. The molecule has 5 atom stereocenters. The van der Waals surface area contributed by atoms with E-state index in [4.69, 9.17) is 9.47 Å². The summed E-state index contributed by atoms with van der Waals surface area (Å²) in [5.41, 5.74) is 4.63. The molecule has 0 aromatic carbocycles. The monoisotopic (exact) mass is 704 g/mol. The van der Waals surface area contributed by atoms with Gasteiger partial charge in [-0.2, -0.15) is 0 Å². The van der Waals surface area contributed by atoms with E-state index in [0.717, 1.165) is 25.2 Å². The molecule has 0 bridgehead atoms. The molecule has 5 unspecified atom stereocenters. The van der Waals surface area contributed by atoms with Gasteiger partial charge in [-0.1, -0.05) is 82.3 Å². The van der Waals surface area contributed by atoms with E-state index in [2.05, 4.69) is 96.5 Å². The van der Waals surface area contributed by atoms with Crippen molar-refractivity contribution in [2.45, 2.75) is 98.4 Å². The first-order chi connectivity index (χ1) is 16.5. The van der Waals surface area contributed by atoms with Gasteiger partial charge in [0.2, 0.25) is 0 Å². The van der Waals surface area contributed by atoms with Gasteiger partial charge in [0.15, 0.2) is 0 Å². The summed E-state index contributed by atoms with van der Waals surface area (Å²) < 4.78 is 11.0. The molecule has 3 rings (SSSR count). The van der Waals surface area contributed by atoms with E-state index >= 15 is 0 Å². The first-order valence-electron chi connectivity index (χ1n) is 13.2. The standard InChI is InChI=1S/C30H42I2O3/c1-21-22(13-16-26(28(21)31)35-20-17-27(33)34-5)11-12-23-9-8-19-30(4)24(14-15-25(23)30)10-6-7-18-29(2,3)32/h11-12,24-26,28H,1,6,8-10,13-17,19-20H2,2-5H3/b22-11-,23-12+. The smallest absolute Gasteiger partial charge is 0.307 e. The minimum Gasteiger partial charge on any atom is -0.469 e. The average molecular weight is 704 g/mol. The van der Waals surface area contributed by atoms with Gasteiger partial charge in [0.1, 0.15) is 0 Å². The molecule has 5 heteroatoms. The minimum absolute atomic E-state index is 0.0728. The van der Waals surface area contributed by atoms with Crippen LogP contribution in [0.25, 0.3) is 0 Å². The molecule has 194 valence electrons. The number of alkyl halides is 2. The molecule has 35 heavy (non-hydrogen) atoms. The highest BCUT2D eigenvalue weighted by molar-refractivity contribution is 14.1. The molecule has 0 aromatic heterocycles. The van der Waals surface area contributed by atoms with Crippen LogP contribution in [-0.2, 0) is 14.3 Å². The van der Waals surface area contributed by atoms with Gasteiger partial charge in [-0.25, -0.2) is 0 Å². The van der Waals surface area contributed by atoms with E-state index < -0.39 is 0 Å². The Morgan fingerprint density at radius 2 is 2.03 bits per heavy atom. The molecular weight excluding hydrogens is 662 g/mol. The first kappa shape index (κ1) is 29.2. The predicted molar refractivity (Wildman–Crippen MR) is 162 cm³/mol. The van der Waals surface area contributed by atoms with Crippen LogP contribution in [0.3, 0.4) is 0 Å². The quantitative estimate of drug-likeness (QED) is 0.116. The zero-order valence-electron chi connectivity index (χ0n) is 21.9. The maximum Gasteiger partial charge on any atom is 0.307 e. The summed E-state index contributed by atoms with van der Waals surface area (Å²) in [6, 6.07) is 0. The molecule has 0 heterocycles. The lowest BCUT2D eigenvalue weighted by Crippen LogP contribution is -2.33. The second-order valence-corrected chi connectivity index (χ2v) is 15.2. The summed E-state index contributed by atoms with van der Waals surface area (Å²) in [5.74, 6) is 8.15. The van der Waals surface area contributed by atoms with Gasteiger partial charge in [-0.15, -0.1) is 5.92 Å². The number of carbonyl (C=O) groups excluding carboxylic acids is 1. The third kappa shape index (κ3) is 7.83. The Kier molecular flexibility index (Phi) is 10.8. The summed E-state index contributed by atoms with van der Waals surface area (Å²) in [6.07, 6.45) is 16.0. The maximum atomic E-state index is 11.4. The normalized spacial score (nSPS) is 33.4. The number of rotatable bonds is 7. The van der Waals surface area contributed by atoms with Gasteiger partial charge in [-0.3, -0.25) is 4.79 Å². The number of methoxy groups -OCH3 is 1. The third-order valence-corrected chi connectivity index (χ3v) is 10.1. The molecule has 0 spiro atoms. The van der Waals surface area contributed by atoms with Crippen LogP contribution in [0.4, 0.5) is 0 Å². The molecule has 0 saturated heterocycles. The van der Waals surface area contributed by atoms with Gasteiger partial charge in [0.05, 0.1) is 33.6 Å². The highest BCUT2D eigenvalue weighted by atomic mass is 127. The Bertz CT molecular complexity index is 901. The van der Waals surface area contributed by atoms with Crippen molar-refractivity contribution in [1.29, 1.82) is 0 Å². The Labute approximate surface area is 240 Å². The largest absolute Gasteiger partial charge is 0.469 e. The predicted octanol–water partition coefficient (Wildman–Crippen LogP) is 8.15. The third-order valence-electron chi connectivity index (χ3n) is 8.30. The van der Waals surface area contributed by atoms with Crippen LogP contribution in [0.1, 0.15) is 85.0 Å². The summed E-state index contributed by atoms with van der Waals surface area (Å²) in [5, 5.41) is 0. The van der Waals surface area contributed by atoms with Gasteiger partial charge in [0, 0.05) is 6.42 Å². The lowest BCUT2D eigenvalue weighted by molar-refractivity contribution is -0.142. The highest BCUT2D eigenvalue weighted by Crippen LogP contribution is 2.58. The summed E-state index contributed by atoms with van der Waals surface area (Å²) in [4.78, 5) is 11.4. The average Bonchev–Trinajstić information content (AvgIpc) is 3.14. The molecule has 0 aromatic rings. The molecule has 3 saturated carbocycles. The summed E-state index contributed by atoms with van der Waals surface area (Å²) >= 11 is 4.88. The number of halogens is 2. The first-order valence-corrected chi connectivity index (χ1v) is 15.5. The molecule has 3 aliphatic carbocycles. The number of allylic oxidation sites excluding steroid dienone is 4. The Morgan fingerprint density at radius 3 is 2.74 bits per heavy atom. The molecule has 3 aliphatic rings. The Balaban J connectivity index is 1.61. The Morgan fingerprint density at radius 1 is 1.26 bits per heavy atom. The second-order valence-electron chi connectivity index (χ2n) is 11.1. The van der Waals surface area contributed by atoms with Crippen molar-refractivity contribution in [3.05, 3.63) is 35.5 Å². The van der Waals surface area contributed by atoms with Crippen molar-refractivity contribution in [3.8, 4) is 11.8 Å². The number of hydrogen-bond acceptors (Lipinski definition) is 3. The summed E-state index contributed by atoms with van der Waals surface area (Å²) in [7, 11) is 1.42. The number of carbonyl (C=O) groups is 1. The van der Waals surface area contributed by atoms with E-state index in [9.17, 15) is 4.79 Å². The lowest BCUT2D eigenvalue weighted by atomic mass is 9.62. The van der Waals surface area contributed by atoms with Crippen LogP contribution in [0.2, 0.25) is 0 Å². The Hall–Kier alpha value is -0.330. The fourth-order valence-electron chi connectivity index (χ4n) is 6.31. The van der Waals surface area contributed by atoms with Crippen molar-refractivity contribution in [1.82, 2.24) is 0 Å².